The predicted molar refractivity (Wildman–Crippen MR) is 83.6 cm³/mol. The van der Waals surface area contributed by atoms with Crippen LogP contribution in [0.4, 0.5) is 0 Å². The molecule has 112 valence electrons. The van der Waals surface area contributed by atoms with Crippen LogP contribution in [0.25, 0.3) is 0 Å². The fourth-order valence-electron chi connectivity index (χ4n) is 1.90. The normalized spacial score (nSPS) is 13.2. The van der Waals surface area contributed by atoms with E-state index in [2.05, 4.69) is 36.3 Å². The van der Waals surface area contributed by atoms with E-state index in [1.807, 2.05) is 31.2 Å². The number of benzene rings is 1. The monoisotopic (exact) mass is 304 g/mol. The van der Waals surface area contributed by atoms with E-state index in [1.54, 1.807) is 11.7 Å². The van der Waals surface area contributed by atoms with Crippen molar-refractivity contribution in [3.8, 4) is 0 Å². The highest BCUT2D eigenvalue weighted by Crippen LogP contribution is 2.25. The maximum absolute atomic E-state index is 12.4. The second-order valence-corrected chi connectivity index (χ2v) is 7.34. The highest BCUT2D eigenvalue weighted by Gasteiger charge is 2.20. The number of ketones is 1. The Morgan fingerprint density at radius 2 is 1.86 bits per heavy atom. The molecule has 1 aromatic carbocycles. The summed E-state index contributed by atoms with van der Waals surface area (Å²) in [6, 6.07) is 7.84. The largest absolute Gasteiger partial charge is 0.293 e. The molecule has 1 unspecified atom stereocenters. The van der Waals surface area contributed by atoms with Crippen molar-refractivity contribution in [2.24, 2.45) is 7.05 Å². The van der Waals surface area contributed by atoms with Gasteiger partial charge in [-0.2, -0.15) is 0 Å². The van der Waals surface area contributed by atoms with Crippen molar-refractivity contribution in [3.63, 3.8) is 0 Å². The summed E-state index contributed by atoms with van der Waals surface area (Å²) in [5.74, 6) is 0.0865. The third-order valence-corrected chi connectivity index (χ3v) is 4.39. The number of rotatable bonds is 4. The molecule has 0 amide bonds. The van der Waals surface area contributed by atoms with Gasteiger partial charge in [0.2, 0.25) is 5.16 Å². The van der Waals surface area contributed by atoms with Crippen LogP contribution in [0.15, 0.2) is 29.4 Å². The SMILES string of the molecule is CC(Sc1nnnn1C)C(=O)c1ccc(C(C)(C)C)cc1. The Balaban J connectivity index is 2.11. The number of Topliss-reactive ketones (excluding diaryl/α,β-unsaturated/α-hetero) is 1. The van der Waals surface area contributed by atoms with Gasteiger partial charge in [-0.15, -0.1) is 5.10 Å². The number of tetrazole rings is 1. The average molecular weight is 304 g/mol. The van der Waals surface area contributed by atoms with Gasteiger partial charge in [-0.1, -0.05) is 56.8 Å². The predicted octanol–water partition coefficient (Wildman–Crippen LogP) is 2.87. The zero-order chi connectivity index (χ0) is 15.6. The van der Waals surface area contributed by atoms with E-state index in [-0.39, 0.29) is 16.4 Å². The molecule has 0 aliphatic heterocycles. The lowest BCUT2D eigenvalue weighted by atomic mass is 9.86. The highest BCUT2D eigenvalue weighted by molar-refractivity contribution is 8.00. The van der Waals surface area contributed by atoms with E-state index in [0.717, 1.165) is 5.56 Å². The first kappa shape index (κ1) is 15.7. The van der Waals surface area contributed by atoms with Crippen molar-refractivity contribution in [1.29, 1.82) is 0 Å². The van der Waals surface area contributed by atoms with Gasteiger partial charge in [-0.05, 0) is 28.3 Å². The molecular formula is C15H20N4OS. The number of aromatic nitrogens is 4. The molecule has 1 heterocycles. The van der Waals surface area contributed by atoms with Crippen LogP contribution in [-0.4, -0.2) is 31.2 Å². The summed E-state index contributed by atoms with van der Waals surface area (Å²) in [5, 5.41) is 11.6. The summed E-state index contributed by atoms with van der Waals surface area (Å²) in [7, 11) is 1.76. The van der Waals surface area contributed by atoms with Crippen molar-refractivity contribution in [2.45, 2.75) is 43.5 Å². The number of carbonyl (C=O) groups is 1. The lowest BCUT2D eigenvalue weighted by molar-refractivity contribution is 0.0994. The second kappa shape index (κ2) is 5.97. The molecule has 0 saturated carbocycles. The lowest BCUT2D eigenvalue weighted by Crippen LogP contribution is -2.16. The molecule has 21 heavy (non-hydrogen) atoms. The zero-order valence-corrected chi connectivity index (χ0v) is 13.8. The topological polar surface area (TPSA) is 60.7 Å². The van der Waals surface area contributed by atoms with Gasteiger partial charge >= 0.3 is 0 Å². The van der Waals surface area contributed by atoms with E-state index in [0.29, 0.717) is 5.16 Å². The van der Waals surface area contributed by atoms with Gasteiger partial charge in [-0.3, -0.25) is 4.79 Å². The quantitative estimate of drug-likeness (QED) is 0.642. The number of carbonyl (C=O) groups excluding carboxylic acids is 1. The van der Waals surface area contributed by atoms with Crippen LogP contribution in [0.5, 0.6) is 0 Å². The molecule has 0 N–H and O–H groups in total. The number of aryl methyl sites for hydroxylation is 1. The van der Waals surface area contributed by atoms with E-state index >= 15 is 0 Å². The molecule has 2 rings (SSSR count). The molecule has 0 spiro atoms. The van der Waals surface area contributed by atoms with Gasteiger partial charge in [0.1, 0.15) is 0 Å². The molecule has 2 aromatic rings. The molecule has 0 bridgehead atoms. The summed E-state index contributed by atoms with van der Waals surface area (Å²) >= 11 is 1.37. The molecule has 0 aliphatic rings. The number of nitrogens with zero attached hydrogens (tertiary/aromatic N) is 4. The Morgan fingerprint density at radius 3 is 2.33 bits per heavy atom. The van der Waals surface area contributed by atoms with Crippen molar-refractivity contribution >= 4 is 17.5 Å². The Bertz CT molecular complexity index is 628. The third-order valence-electron chi connectivity index (χ3n) is 3.27. The summed E-state index contributed by atoms with van der Waals surface area (Å²) in [6.07, 6.45) is 0. The maximum atomic E-state index is 12.4. The summed E-state index contributed by atoms with van der Waals surface area (Å²) in [6.45, 7) is 8.34. The van der Waals surface area contributed by atoms with Crippen LogP contribution in [0.2, 0.25) is 0 Å². The van der Waals surface area contributed by atoms with Gasteiger partial charge in [0.25, 0.3) is 0 Å². The molecule has 0 radical (unpaired) electrons. The van der Waals surface area contributed by atoms with Crippen molar-refractivity contribution in [1.82, 2.24) is 20.2 Å². The molecule has 1 aromatic heterocycles. The second-order valence-electron chi connectivity index (χ2n) is 6.04. The molecule has 0 saturated heterocycles. The van der Waals surface area contributed by atoms with Gasteiger partial charge in [0.15, 0.2) is 5.78 Å². The lowest BCUT2D eigenvalue weighted by Gasteiger charge is -2.19. The smallest absolute Gasteiger partial charge is 0.209 e. The Labute approximate surface area is 129 Å². The van der Waals surface area contributed by atoms with Gasteiger partial charge in [-0.25, -0.2) is 4.68 Å². The first-order valence-electron chi connectivity index (χ1n) is 6.83. The summed E-state index contributed by atoms with van der Waals surface area (Å²) in [5.41, 5.74) is 2.03. The number of hydrogen-bond donors (Lipinski definition) is 0. The molecular weight excluding hydrogens is 284 g/mol. The fourth-order valence-corrected chi connectivity index (χ4v) is 2.73. The van der Waals surface area contributed by atoms with E-state index < -0.39 is 0 Å². The number of thioether (sulfide) groups is 1. The van der Waals surface area contributed by atoms with E-state index in [9.17, 15) is 4.79 Å². The first-order valence-corrected chi connectivity index (χ1v) is 7.71. The number of hydrogen-bond acceptors (Lipinski definition) is 5. The minimum atomic E-state index is -0.227. The fraction of sp³-hybridized carbons (Fsp3) is 0.467. The first-order chi connectivity index (χ1) is 9.79. The van der Waals surface area contributed by atoms with Gasteiger partial charge in [0.05, 0.1) is 5.25 Å². The van der Waals surface area contributed by atoms with Crippen LogP contribution < -0.4 is 0 Å². The molecule has 5 nitrogen and oxygen atoms in total. The molecule has 0 fully saturated rings. The van der Waals surface area contributed by atoms with Crippen LogP contribution in [0.1, 0.15) is 43.6 Å². The third kappa shape index (κ3) is 3.69. The van der Waals surface area contributed by atoms with Crippen LogP contribution in [0.3, 0.4) is 0 Å². The summed E-state index contributed by atoms with van der Waals surface area (Å²) < 4.78 is 1.57. The molecule has 1 atom stereocenters. The van der Waals surface area contributed by atoms with Crippen molar-refractivity contribution in [3.05, 3.63) is 35.4 Å². The summed E-state index contributed by atoms with van der Waals surface area (Å²) in [4.78, 5) is 12.4. The van der Waals surface area contributed by atoms with Crippen LogP contribution >= 0.6 is 11.8 Å². The minimum Gasteiger partial charge on any atom is -0.293 e. The Hall–Kier alpha value is -1.69. The molecule has 0 aliphatic carbocycles. The minimum absolute atomic E-state index is 0.0865. The van der Waals surface area contributed by atoms with Gasteiger partial charge in [0, 0.05) is 12.6 Å². The van der Waals surface area contributed by atoms with E-state index in [1.165, 1.54) is 17.3 Å². The Morgan fingerprint density at radius 1 is 1.24 bits per heavy atom. The van der Waals surface area contributed by atoms with Crippen molar-refractivity contribution < 1.29 is 4.79 Å². The highest BCUT2D eigenvalue weighted by atomic mass is 32.2. The standard InChI is InChI=1S/C15H20N4OS/c1-10(21-14-16-17-18-19(14)5)13(20)11-6-8-12(9-7-11)15(2,3)4/h6-10H,1-5H3. The van der Waals surface area contributed by atoms with Crippen LogP contribution in [-0.2, 0) is 12.5 Å². The van der Waals surface area contributed by atoms with Gasteiger partial charge < -0.3 is 0 Å². The average Bonchev–Trinajstić information content (AvgIpc) is 2.82. The van der Waals surface area contributed by atoms with Crippen molar-refractivity contribution in [2.75, 3.05) is 0 Å². The zero-order valence-electron chi connectivity index (χ0n) is 13.0. The maximum Gasteiger partial charge on any atom is 0.209 e. The van der Waals surface area contributed by atoms with Crippen LogP contribution in [0, 0.1) is 0 Å². The molecule has 6 heteroatoms. The Kier molecular flexibility index (Phi) is 4.46. The van der Waals surface area contributed by atoms with E-state index in [4.69, 9.17) is 0 Å².